The molecule has 1 saturated heterocycles. The van der Waals surface area contributed by atoms with Crippen molar-refractivity contribution in [2.75, 3.05) is 43.9 Å². The number of nitrogens with zero attached hydrogens (tertiary/aromatic N) is 4. The number of hydrogen-bond acceptors (Lipinski definition) is 5. The van der Waals surface area contributed by atoms with E-state index in [4.69, 9.17) is 0 Å². The van der Waals surface area contributed by atoms with Crippen LogP contribution in [-0.2, 0) is 4.79 Å². The molecule has 1 aliphatic heterocycles. The van der Waals surface area contributed by atoms with Crippen molar-refractivity contribution in [1.82, 2.24) is 14.9 Å². The second-order valence-electron chi connectivity index (χ2n) is 4.10. The quantitative estimate of drug-likeness (QED) is 0.792. The van der Waals surface area contributed by atoms with Crippen molar-refractivity contribution in [3.05, 3.63) is 12.4 Å². The third-order valence-corrected chi connectivity index (χ3v) is 2.91. The van der Waals surface area contributed by atoms with Crippen molar-refractivity contribution in [3.63, 3.8) is 0 Å². The van der Waals surface area contributed by atoms with Gasteiger partial charge in [0.25, 0.3) is 0 Å². The van der Waals surface area contributed by atoms with Crippen molar-refractivity contribution in [1.29, 1.82) is 0 Å². The lowest BCUT2D eigenvalue weighted by Crippen LogP contribution is -2.34. The zero-order valence-corrected chi connectivity index (χ0v) is 10.2. The molecule has 0 bridgehead atoms. The molecule has 0 radical (unpaired) electrons. The molecule has 1 amide bonds. The zero-order chi connectivity index (χ0) is 12.3. The predicted octanol–water partition coefficient (Wildman–Crippen LogP) is 0.187. The van der Waals surface area contributed by atoms with Gasteiger partial charge in [0.1, 0.15) is 18.0 Å². The fraction of sp³-hybridized carbons (Fsp3) is 0.545. The predicted molar refractivity (Wildman–Crippen MR) is 66.0 cm³/mol. The molecule has 2 heterocycles. The first-order chi connectivity index (χ1) is 8.20. The van der Waals surface area contributed by atoms with Crippen LogP contribution in [0.4, 0.5) is 11.6 Å². The minimum absolute atomic E-state index is 0.132. The third-order valence-electron chi connectivity index (χ3n) is 2.91. The molecule has 0 spiro atoms. The first-order valence-electron chi connectivity index (χ1n) is 5.69. The van der Waals surface area contributed by atoms with Gasteiger partial charge >= 0.3 is 0 Å². The van der Waals surface area contributed by atoms with E-state index in [1.807, 2.05) is 25.1 Å². The molecule has 1 N–H and O–H groups in total. The number of anilines is 2. The first kappa shape index (κ1) is 11.6. The van der Waals surface area contributed by atoms with E-state index in [0.717, 1.165) is 31.1 Å². The number of aromatic nitrogens is 2. The van der Waals surface area contributed by atoms with Gasteiger partial charge in [-0.3, -0.25) is 4.79 Å². The van der Waals surface area contributed by atoms with Crippen LogP contribution in [0.1, 0.15) is 6.42 Å². The molecule has 17 heavy (non-hydrogen) atoms. The summed E-state index contributed by atoms with van der Waals surface area (Å²) in [7, 11) is 3.65. The van der Waals surface area contributed by atoms with Crippen molar-refractivity contribution >= 4 is 17.5 Å². The van der Waals surface area contributed by atoms with Crippen LogP contribution < -0.4 is 10.2 Å². The minimum Gasteiger partial charge on any atom is -0.373 e. The monoisotopic (exact) mass is 235 g/mol. The molecule has 1 aliphatic rings. The van der Waals surface area contributed by atoms with Crippen LogP contribution in [0.3, 0.4) is 0 Å². The summed E-state index contributed by atoms with van der Waals surface area (Å²) in [5, 5.41) is 2.97. The summed E-state index contributed by atoms with van der Waals surface area (Å²) < 4.78 is 0. The normalized spacial score (nSPS) is 16.9. The van der Waals surface area contributed by atoms with Gasteiger partial charge in [-0.25, -0.2) is 9.97 Å². The Bertz CT molecular complexity index is 409. The van der Waals surface area contributed by atoms with Gasteiger partial charge in [-0.1, -0.05) is 0 Å². The molecule has 6 nitrogen and oxygen atoms in total. The Morgan fingerprint density at radius 1 is 1.35 bits per heavy atom. The number of carbonyl (C=O) groups excluding carboxylic acids is 1. The van der Waals surface area contributed by atoms with Gasteiger partial charge in [-0.15, -0.1) is 0 Å². The summed E-state index contributed by atoms with van der Waals surface area (Å²) in [6.45, 7) is 2.03. The van der Waals surface area contributed by atoms with Crippen LogP contribution in [0, 0.1) is 0 Å². The topological polar surface area (TPSA) is 61.4 Å². The molecular weight excluding hydrogens is 218 g/mol. The molecule has 0 atom stereocenters. The van der Waals surface area contributed by atoms with Gasteiger partial charge in [0.2, 0.25) is 5.91 Å². The maximum Gasteiger partial charge on any atom is 0.241 e. The fourth-order valence-electron chi connectivity index (χ4n) is 1.84. The van der Waals surface area contributed by atoms with E-state index in [2.05, 4.69) is 15.3 Å². The van der Waals surface area contributed by atoms with Crippen LogP contribution in [0.15, 0.2) is 12.4 Å². The summed E-state index contributed by atoms with van der Waals surface area (Å²) in [6.07, 6.45) is 2.47. The van der Waals surface area contributed by atoms with Crippen molar-refractivity contribution < 1.29 is 4.79 Å². The van der Waals surface area contributed by atoms with Gasteiger partial charge < -0.3 is 15.1 Å². The van der Waals surface area contributed by atoms with Crippen LogP contribution in [0.25, 0.3) is 0 Å². The molecular formula is C11H17N5O. The van der Waals surface area contributed by atoms with E-state index in [-0.39, 0.29) is 5.91 Å². The number of rotatable bonds is 2. The number of likely N-dealkylation sites (N-methyl/N-ethyl adjacent to an activating group) is 1. The van der Waals surface area contributed by atoms with E-state index in [9.17, 15) is 4.79 Å². The average Bonchev–Trinajstić information content (AvgIpc) is 2.52. The maximum absolute atomic E-state index is 11.8. The second kappa shape index (κ2) is 4.99. The van der Waals surface area contributed by atoms with Gasteiger partial charge in [0, 0.05) is 33.3 Å². The van der Waals surface area contributed by atoms with Gasteiger partial charge in [-0.2, -0.15) is 0 Å². The van der Waals surface area contributed by atoms with Crippen LogP contribution >= 0.6 is 0 Å². The van der Waals surface area contributed by atoms with E-state index >= 15 is 0 Å². The van der Waals surface area contributed by atoms with Crippen LogP contribution in [-0.4, -0.2) is 54.5 Å². The van der Waals surface area contributed by atoms with Crippen molar-refractivity contribution in [2.45, 2.75) is 6.42 Å². The molecule has 1 aromatic heterocycles. The highest BCUT2D eigenvalue weighted by Gasteiger charge is 2.19. The van der Waals surface area contributed by atoms with Gasteiger partial charge in [-0.05, 0) is 6.42 Å². The lowest BCUT2D eigenvalue weighted by Gasteiger charge is -2.20. The molecule has 0 saturated carbocycles. The maximum atomic E-state index is 11.8. The molecule has 2 rings (SSSR count). The van der Waals surface area contributed by atoms with Crippen molar-refractivity contribution in [3.8, 4) is 0 Å². The molecule has 1 aromatic rings. The largest absolute Gasteiger partial charge is 0.373 e. The van der Waals surface area contributed by atoms with Crippen LogP contribution in [0.2, 0.25) is 0 Å². The second-order valence-corrected chi connectivity index (χ2v) is 4.10. The molecule has 0 unspecified atom stereocenters. The molecule has 1 fully saturated rings. The van der Waals surface area contributed by atoms with Gasteiger partial charge in [0.15, 0.2) is 0 Å². The highest BCUT2D eigenvalue weighted by Crippen LogP contribution is 2.15. The smallest absolute Gasteiger partial charge is 0.241 e. The minimum atomic E-state index is 0.132. The summed E-state index contributed by atoms with van der Waals surface area (Å²) in [5.74, 6) is 1.69. The number of amides is 1. The lowest BCUT2D eigenvalue weighted by atomic mass is 10.4. The summed E-state index contributed by atoms with van der Waals surface area (Å²) in [5.41, 5.74) is 0. The lowest BCUT2D eigenvalue weighted by molar-refractivity contribution is -0.127. The third kappa shape index (κ3) is 2.64. The van der Waals surface area contributed by atoms with Gasteiger partial charge in [0.05, 0.1) is 6.54 Å². The van der Waals surface area contributed by atoms with E-state index < -0.39 is 0 Å². The average molecular weight is 235 g/mol. The number of carbonyl (C=O) groups is 1. The Morgan fingerprint density at radius 3 is 2.94 bits per heavy atom. The molecule has 6 heteroatoms. The first-order valence-corrected chi connectivity index (χ1v) is 5.69. The highest BCUT2D eigenvalue weighted by molar-refractivity contribution is 5.81. The number of hydrogen-bond donors (Lipinski definition) is 1. The Balaban J connectivity index is 2.17. The Morgan fingerprint density at radius 2 is 2.18 bits per heavy atom. The zero-order valence-electron chi connectivity index (χ0n) is 10.2. The van der Waals surface area contributed by atoms with E-state index in [1.165, 1.54) is 6.33 Å². The Kier molecular flexibility index (Phi) is 3.41. The van der Waals surface area contributed by atoms with E-state index in [1.54, 1.807) is 4.90 Å². The van der Waals surface area contributed by atoms with Crippen LogP contribution in [0.5, 0.6) is 0 Å². The molecule has 92 valence electrons. The van der Waals surface area contributed by atoms with E-state index in [0.29, 0.717) is 6.54 Å². The SMILES string of the molecule is CNc1cc(N2CCCN(C)C(=O)C2)ncn1. The van der Waals surface area contributed by atoms with Crippen molar-refractivity contribution in [2.24, 2.45) is 0 Å². The summed E-state index contributed by atoms with van der Waals surface area (Å²) in [6, 6.07) is 1.86. The highest BCUT2D eigenvalue weighted by atomic mass is 16.2. The Hall–Kier alpha value is -1.85. The number of nitrogens with one attached hydrogen (secondary N) is 1. The fourth-order valence-corrected chi connectivity index (χ4v) is 1.84. The Labute approximate surface area is 101 Å². The summed E-state index contributed by atoms with van der Waals surface area (Å²) >= 11 is 0. The standard InChI is InChI=1S/C11H17N5O/c1-12-9-6-10(14-8-13-9)16-5-3-4-15(2)11(17)7-16/h6,8H,3-5,7H2,1-2H3,(H,12,13,14). The molecule has 0 aromatic carbocycles. The summed E-state index contributed by atoms with van der Waals surface area (Å²) in [4.78, 5) is 23.8. The molecule has 0 aliphatic carbocycles.